The van der Waals surface area contributed by atoms with Crippen LogP contribution in [-0.4, -0.2) is 42.3 Å². The topological polar surface area (TPSA) is 49.4 Å². The Hall–Kier alpha value is -1.68. The van der Waals surface area contributed by atoms with Gasteiger partial charge in [0.25, 0.3) is 0 Å². The zero-order valence-electron chi connectivity index (χ0n) is 12.4. The highest BCUT2D eigenvalue weighted by Gasteiger charge is 2.29. The monoisotopic (exact) mass is 274 g/mol. The molecule has 2 rings (SSSR count). The van der Waals surface area contributed by atoms with Crippen LogP contribution in [0.4, 0.5) is 0 Å². The van der Waals surface area contributed by atoms with Gasteiger partial charge in [0.15, 0.2) is 5.78 Å². The Morgan fingerprint density at radius 3 is 2.85 bits per heavy atom. The van der Waals surface area contributed by atoms with Crippen molar-refractivity contribution in [2.24, 2.45) is 0 Å². The van der Waals surface area contributed by atoms with E-state index < -0.39 is 0 Å². The first-order valence-electron chi connectivity index (χ1n) is 7.15. The van der Waals surface area contributed by atoms with Gasteiger partial charge in [-0.3, -0.25) is 14.5 Å². The van der Waals surface area contributed by atoms with Gasteiger partial charge >= 0.3 is 0 Å². The molecule has 1 heterocycles. The first-order chi connectivity index (χ1) is 9.52. The molecule has 1 saturated heterocycles. The van der Waals surface area contributed by atoms with Crippen LogP contribution in [0.5, 0.6) is 0 Å². The molecule has 1 aromatic carbocycles. The van der Waals surface area contributed by atoms with Gasteiger partial charge in [0.2, 0.25) is 5.91 Å². The maximum Gasteiger partial charge on any atom is 0.237 e. The second-order valence-corrected chi connectivity index (χ2v) is 5.43. The Balaban J connectivity index is 2.14. The summed E-state index contributed by atoms with van der Waals surface area (Å²) in [5, 5.41) is 2.85. The lowest BCUT2D eigenvalue weighted by atomic mass is 10.0. The summed E-state index contributed by atoms with van der Waals surface area (Å²) in [7, 11) is 0. The number of hydrogen-bond acceptors (Lipinski definition) is 3. The number of nitrogens with one attached hydrogen (secondary N) is 1. The molecule has 1 aliphatic rings. The van der Waals surface area contributed by atoms with Crippen molar-refractivity contribution in [2.45, 2.75) is 33.2 Å². The molecule has 1 N–H and O–H groups in total. The molecule has 20 heavy (non-hydrogen) atoms. The predicted octanol–water partition coefficient (Wildman–Crippen LogP) is 1.70. The summed E-state index contributed by atoms with van der Waals surface area (Å²) < 4.78 is 0. The van der Waals surface area contributed by atoms with Crippen molar-refractivity contribution in [3.05, 3.63) is 34.9 Å². The van der Waals surface area contributed by atoms with Gasteiger partial charge in [0.05, 0.1) is 12.6 Å². The Labute approximate surface area is 120 Å². The minimum Gasteiger partial charge on any atom is -0.353 e. The van der Waals surface area contributed by atoms with Gasteiger partial charge in [-0.25, -0.2) is 0 Å². The summed E-state index contributed by atoms with van der Waals surface area (Å²) in [5.41, 5.74) is 2.85. The van der Waals surface area contributed by atoms with Crippen molar-refractivity contribution in [3.8, 4) is 0 Å². The highest BCUT2D eigenvalue weighted by Crippen LogP contribution is 2.14. The molecule has 0 saturated carbocycles. The minimum absolute atomic E-state index is 0.0347. The zero-order valence-corrected chi connectivity index (χ0v) is 12.4. The van der Waals surface area contributed by atoms with Crippen LogP contribution in [0, 0.1) is 13.8 Å². The molecular weight excluding hydrogens is 252 g/mol. The summed E-state index contributed by atoms with van der Waals surface area (Å²) in [6.45, 7) is 7.59. The number of ketones is 1. The van der Waals surface area contributed by atoms with E-state index in [1.54, 1.807) is 0 Å². The van der Waals surface area contributed by atoms with Crippen molar-refractivity contribution in [1.82, 2.24) is 10.2 Å². The molecule has 108 valence electrons. The molecule has 0 aliphatic carbocycles. The lowest BCUT2D eigenvalue weighted by molar-refractivity contribution is -0.128. The molecule has 1 unspecified atom stereocenters. The standard InChI is InChI=1S/C16H22N2O2/c1-4-14-16(20)17-7-8-18(14)10-15(19)13-9-11(2)5-6-12(13)3/h5-6,9,14H,4,7-8,10H2,1-3H3,(H,17,20). The van der Waals surface area contributed by atoms with Gasteiger partial charge in [-0.15, -0.1) is 0 Å². The predicted molar refractivity (Wildman–Crippen MR) is 78.9 cm³/mol. The van der Waals surface area contributed by atoms with Gasteiger partial charge in [0.1, 0.15) is 0 Å². The van der Waals surface area contributed by atoms with Crippen LogP contribution in [0.3, 0.4) is 0 Å². The highest BCUT2D eigenvalue weighted by molar-refractivity contribution is 5.99. The number of hydrogen-bond donors (Lipinski definition) is 1. The number of Topliss-reactive ketones (excluding diaryl/α,β-unsaturated/α-hetero) is 1. The lowest BCUT2D eigenvalue weighted by Gasteiger charge is -2.33. The van der Waals surface area contributed by atoms with E-state index in [0.29, 0.717) is 13.1 Å². The molecular formula is C16H22N2O2. The molecule has 0 spiro atoms. The van der Waals surface area contributed by atoms with Crippen LogP contribution in [0.15, 0.2) is 18.2 Å². The number of amides is 1. The van der Waals surface area contributed by atoms with Crippen LogP contribution in [0.2, 0.25) is 0 Å². The second-order valence-electron chi connectivity index (χ2n) is 5.43. The average Bonchev–Trinajstić information content (AvgIpc) is 2.41. The lowest BCUT2D eigenvalue weighted by Crippen LogP contribution is -2.56. The molecule has 1 atom stereocenters. The summed E-state index contributed by atoms with van der Waals surface area (Å²) in [6.07, 6.45) is 0.728. The highest BCUT2D eigenvalue weighted by atomic mass is 16.2. The van der Waals surface area contributed by atoms with E-state index in [2.05, 4.69) is 5.32 Å². The van der Waals surface area contributed by atoms with Gasteiger partial charge < -0.3 is 5.32 Å². The van der Waals surface area contributed by atoms with Crippen molar-refractivity contribution < 1.29 is 9.59 Å². The summed E-state index contributed by atoms with van der Waals surface area (Å²) in [4.78, 5) is 26.3. The van der Waals surface area contributed by atoms with Crippen LogP contribution in [0.1, 0.15) is 34.8 Å². The van der Waals surface area contributed by atoms with Crippen molar-refractivity contribution in [1.29, 1.82) is 0 Å². The quantitative estimate of drug-likeness (QED) is 0.850. The molecule has 1 aliphatic heterocycles. The maximum absolute atomic E-state index is 12.5. The van der Waals surface area contributed by atoms with E-state index in [9.17, 15) is 9.59 Å². The van der Waals surface area contributed by atoms with Crippen molar-refractivity contribution in [3.63, 3.8) is 0 Å². The molecule has 0 aromatic heterocycles. The third-order valence-electron chi connectivity index (χ3n) is 3.87. The molecule has 4 nitrogen and oxygen atoms in total. The summed E-state index contributed by atoms with van der Waals surface area (Å²) in [6, 6.07) is 5.73. The van der Waals surface area contributed by atoms with Crippen molar-refractivity contribution >= 4 is 11.7 Å². The maximum atomic E-state index is 12.5. The Morgan fingerprint density at radius 2 is 2.15 bits per heavy atom. The van der Waals surface area contributed by atoms with Crippen LogP contribution < -0.4 is 5.32 Å². The molecule has 1 fully saturated rings. The third kappa shape index (κ3) is 3.07. The summed E-state index contributed by atoms with van der Waals surface area (Å²) in [5.74, 6) is 0.131. The van der Waals surface area contributed by atoms with E-state index in [-0.39, 0.29) is 17.7 Å². The first-order valence-corrected chi connectivity index (χ1v) is 7.15. The number of benzene rings is 1. The fraction of sp³-hybridized carbons (Fsp3) is 0.500. The fourth-order valence-corrected chi connectivity index (χ4v) is 2.70. The first kappa shape index (κ1) is 14.7. The molecule has 4 heteroatoms. The minimum atomic E-state index is -0.183. The molecule has 1 amide bonds. The largest absolute Gasteiger partial charge is 0.353 e. The van der Waals surface area contributed by atoms with E-state index in [0.717, 1.165) is 29.7 Å². The van der Waals surface area contributed by atoms with E-state index in [1.807, 2.05) is 43.9 Å². The SMILES string of the molecule is CCC1C(=O)NCCN1CC(=O)c1cc(C)ccc1C. The zero-order chi connectivity index (χ0) is 14.7. The number of rotatable bonds is 4. The second kappa shape index (κ2) is 6.18. The van der Waals surface area contributed by atoms with Gasteiger partial charge in [-0.2, -0.15) is 0 Å². The molecule has 0 radical (unpaired) electrons. The smallest absolute Gasteiger partial charge is 0.237 e. The normalized spacial score (nSPS) is 19.8. The number of carbonyl (C=O) groups excluding carboxylic acids is 2. The molecule has 1 aromatic rings. The van der Waals surface area contributed by atoms with Crippen LogP contribution >= 0.6 is 0 Å². The summed E-state index contributed by atoms with van der Waals surface area (Å²) >= 11 is 0. The number of nitrogens with zero attached hydrogens (tertiary/aromatic N) is 1. The average molecular weight is 274 g/mol. The van der Waals surface area contributed by atoms with Gasteiger partial charge in [-0.05, 0) is 31.9 Å². The molecule has 0 bridgehead atoms. The van der Waals surface area contributed by atoms with Crippen LogP contribution in [-0.2, 0) is 4.79 Å². The van der Waals surface area contributed by atoms with Crippen molar-refractivity contribution in [2.75, 3.05) is 19.6 Å². The number of aryl methyl sites for hydroxylation is 2. The van der Waals surface area contributed by atoms with Gasteiger partial charge in [-0.1, -0.05) is 24.6 Å². The van der Waals surface area contributed by atoms with Crippen LogP contribution in [0.25, 0.3) is 0 Å². The number of carbonyl (C=O) groups is 2. The number of piperazine rings is 1. The van der Waals surface area contributed by atoms with E-state index >= 15 is 0 Å². The van der Waals surface area contributed by atoms with E-state index in [1.165, 1.54) is 0 Å². The third-order valence-corrected chi connectivity index (χ3v) is 3.87. The Bertz CT molecular complexity index is 525. The fourth-order valence-electron chi connectivity index (χ4n) is 2.70. The van der Waals surface area contributed by atoms with Gasteiger partial charge in [0, 0.05) is 18.7 Å². The Kier molecular flexibility index (Phi) is 4.55. The Morgan fingerprint density at radius 1 is 1.40 bits per heavy atom. The van der Waals surface area contributed by atoms with E-state index in [4.69, 9.17) is 0 Å².